The van der Waals surface area contributed by atoms with E-state index in [-0.39, 0.29) is 12.5 Å². The third-order valence-corrected chi connectivity index (χ3v) is 5.34. The van der Waals surface area contributed by atoms with Gasteiger partial charge in [0.1, 0.15) is 11.2 Å². The van der Waals surface area contributed by atoms with Crippen LogP contribution >= 0.6 is 11.3 Å². The summed E-state index contributed by atoms with van der Waals surface area (Å²) < 4.78 is 5.70. The largest absolute Gasteiger partial charge is 0.467 e. The molecule has 0 aliphatic heterocycles. The number of benzene rings is 1. The summed E-state index contributed by atoms with van der Waals surface area (Å²) in [5, 5.41) is 3.85. The number of hydrogen-bond donors (Lipinski definition) is 1. The van der Waals surface area contributed by atoms with Crippen LogP contribution in [0.4, 0.5) is 0 Å². The highest BCUT2D eigenvalue weighted by Gasteiger charge is 2.22. The molecular weight excluding hydrogens is 322 g/mol. The summed E-state index contributed by atoms with van der Waals surface area (Å²) in [6.07, 6.45) is 4.82. The lowest BCUT2D eigenvalue weighted by molar-refractivity contribution is -0.123. The van der Waals surface area contributed by atoms with Crippen LogP contribution in [0.25, 0.3) is 10.2 Å². The molecule has 0 bridgehead atoms. The van der Waals surface area contributed by atoms with Crippen molar-refractivity contribution in [2.24, 2.45) is 0 Å². The molecule has 2 aromatic heterocycles. The van der Waals surface area contributed by atoms with Gasteiger partial charge in [-0.05, 0) is 30.4 Å². The van der Waals surface area contributed by atoms with Gasteiger partial charge in [0.25, 0.3) is 5.91 Å². The molecule has 6 heteroatoms. The van der Waals surface area contributed by atoms with Gasteiger partial charge in [0.15, 0.2) is 6.61 Å². The van der Waals surface area contributed by atoms with Crippen molar-refractivity contribution in [3.8, 4) is 5.88 Å². The highest BCUT2D eigenvalue weighted by molar-refractivity contribution is 7.18. The number of carbonyl (C=O) groups is 1. The maximum absolute atomic E-state index is 12.0. The van der Waals surface area contributed by atoms with Crippen LogP contribution < -0.4 is 10.1 Å². The van der Waals surface area contributed by atoms with Crippen molar-refractivity contribution in [1.82, 2.24) is 15.3 Å². The Bertz CT molecular complexity index is 877. The van der Waals surface area contributed by atoms with Crippen LogP contribution in [0.1, 0.15) is 22.4 Å². The van der Waals surface area contributed by atoms with Crippen molar-refractivity contribution in [3.05, 3.63) is 52.7 Å². The summed E-state index contributed by atoms with van der Waals surface area (Å²) in [7, 11) is 0. The molecule has 1 N–H and O–H groups in total. The van der Waals surface area contributed by atoms with E-state index >= 15 is 0 Å². The number of thiophene rings is 1. The summed E-state index contributed by atoms with van der Waals surface area (Å²) in [6, 6.07) is 9.81. The molecule has 1 aliphatic carbocycles. The van der Waals surface area contributed by atoms with Gasteiger partial charge in [-0.3, -0.25) is 4.79 Å². The molecule has 0 unspecified atom stereocenters. The lowest BCUT2D eigenvalue weighted by Gasteiger charge is -2.08. The Morgan fingerprint density at radius 2 is 2.08 bits per heavy atom. The van der Waals surface area contributed by atoms with Crippen LogP contribution in [0.3, 0.4) is 0 Å². The molecule has 5 nitrogen and oxygen atoms in total. The van der Waals surface area contributed by atoms with Gasteiger partial charge in [-0.25, -0.2) is 9.97 Å². The van der Waals surface area contributed by atoms with Crippen molar-refractivity contribution >= 4 is 27.5 Å². The van der Waals surface area contributed by atoms with Crippen LogP contribution in [-0.2, 0) is 24.2 Å². The number of rotatable bonds is 5. The second kappa shape index (κ2) is 6.57. The van der Waals surface area contributed by atoms with Crippen LogP contribution in [-0.4, -0.2) is 22.5 Å². The molecule has 1 aromatic carbocycles. The highest BCUT2D eigenvalue weighted by Crippen LogP contribution is 2.39. The van der Waals surface area contributed by atoms with Crippen molar-refractivity contribution in [2.75, 3.05) is 6.61 Å². The minimum Gasteiger partial charge on any atom is -0.467 e. The first-order valence-corrected chi connectivity index (χ1v) is 8.81. The minimum atomic E-state index is -0.155. The quantitative estimate of drug-likeness (QED) is 0.776. The fourth-order valence-electron chi connectivity index (χ4n) is 2.99. The van der Waals surface area contributed by atoms with E-state index < -0.39 is 0 Å². The van der Waals surface area contributed by atoms with E-state index in [2.05, 4.69) is 15.3 Å². The van der Waals surface area contributed by atoms with Gasteiger partial charge in [0.05, 0.1) is 5.39 Å². The summed E-state index contributed by atoms with van der Waals surface area (Å²) in [5.41, 5.74) is 2.36. The van der Waals surface area contributed by atoms with Gasteiger partial charge in [-0.15, -0.1) is 11.3 Å². The van der Waals surface area contributed by atoms with E-state index in [4.69, 9.17) is 4.74 Å². The predicted octanol–water partition coefficient (Wildman–Crippen LogP) is 2.88. The van der Waals surface area contributed by atoms with Gasteiger partial charge in [-0.2, -0.15) is 0 Å². The van der Waals surface area contributed by atoms with Crippen LogP contribution in [0, 0.1) is 0 Å². The molecule has 0 saturated heterocycles. The number of nitrogens with one attached hydrogen (secondary N) is 1. The first-order chi connectivity index (χ1) is 11.8. The second-order valence-electron chi connectivity index (χ2n) is 5.77. The number of aryl methyl sites for hydroxylation is 2. The van der Waals surface area contributed by atoms with Crippen molar-refractivity contribution < 1.29 is 9.53 Å². The molecule has 0 radical (unpaired) electrons. The van der Waals surface area contributed by atoms with E-state index in [0.29, 0.717) is 12.4 Å². The molecule has 122 valence electrons. The van der Waals surface area contributed by atoms with E-state index in [9.17, 15) is 4.79 Å². The topological polar surface area (TPSA) is 64.1 Å². The zero-order chi connectivity index (χ0) is 16.4. The summed E-state index contributed by atoms with van der Waals surface area (Å²) in [6.45, 7) is 0.458. The van der Waals surface area contributed by atoms with Gasteiger partial charge in [0.2, 0.25) is 5.88 Å². The smallest absolute Gasteiger partial charge is 0.258 e. The Balaban J connectivity index is 1.42. The van der Waals surface area contributed by atoms with Crippen molar-refractivity contribution in [3.63, 3.8) is 0 Å². The Kier molecular flexibility index (Phi) is 4.13. The number of fused-ring (bicyclic) bond motifs is 3. The maximum atomic E-state index is 12.0. The third-order valence-electron chi connectivity index (χ3n) is 4.14. The van der Waals surface area contributed by atoms with Crippen molar-refractivity contribution in [1.29, 1.82) is 0 Å². The molecule has 0 saturated carbocycles. The summed E-state index contributed by atoms with van der Waals surface area (Å²) in [4.78, 5) is 22.9. The number of amides is 1. The zero-order valence-corrected chi connectivity index (χ0v) is 13.9. The standard InChI is InChI=1S/C18H17N3O2S/c22-15(19-9-12-5-2-1-3-6-12)10-23-17-16-13-7-4-8-14(13)24-18(16)21-11-20-17/h1-3,5-6,11H,4,7-10H2,(H,19,22). The molecule has 1 aliphatic rings. The zero-order valence-electron chi connectivity index (χ0n) is 13.1. The molecule has 4 rings (SSSR count). The van der Waals surface area contributed by atoms with Crippen LogP contribution in [0.5, 0.6) is 5.88 Å². The Morgan fingerprint density at radius 1 is 1.21 bits per heavy atom. The minimum absolute atomic E-state index is 0.0381. The molecule has 1 amide bonds. The Hall–Kier alpha value is -2.47. The van der Waals surface area contributed by atoms with Crippen molar-refractivity contribution in [2.45, 2.75) is 25.8 Å². The molecular formula is C18H17N3O2S. The molecule has 2 heterocycles. The summed E-state index contributed by atoms with van der Waals surface area (Å²) in [5.74, 6) is 0.367. The normalized spacial score (nSPS) is 13.0. The SMILES string of the molecule is O=C(COc1ncnc2sc3c(c12)CCC3)NCc1ccccc1. The number of hydrogen-bond acceptors (Lipinski definition) is 5. The average molecular weight is 339 g/mol. The first-order valence-electron chi connectivity index (χ1n) is 8.00. The molecule has 0 atom stereocenters. The average Bonchev–Trinajstić information content (AvgIpc) is 3.20. The maximum Gasteiger partial charge on any atom is 0.258 e. The van der Waals surface area contributed by atoms with E-state index in [1.807, 2.05) is 30.3 Å². The number of carbonyl (C=O) groups excluding carboxylic acids is 1. The molecule has 3 aromatic rings. The monoisotopic (exact) mass is 339 g/mol. The Morgan fingerprint density at radius 3 is 2.96 bits per heavy atom. The molecule has 0 fully saturated rings. The van der Waals surface area contributed by atoms with Gasteiger partial charge in [-0.1, -0.05) is 30.3 Å². The fraction of sp³-hybridized carbons (Fsp3) is 0.278. The fourth-order valence-corrected chi connectivity index (χ4v) is 4.21. The first kappa shape index (κ1) is 15.1. The second-order valence-corrected chi connectivity index (χ2v) is 6.85. The van der Waals surface area contributed by atoms with Crippen LogP contribution in [0.2, 0.25) is 0 Å². The third kappa shape index (κ3) is 2.97. The number of nitrogens with zero attached hydrogens (tertiary/aromatic N) is 2. The lowest BCUT2D eigenvalue weighted by atomic mass is 10.2. The van der Waals surface area contributed by atoms with Gasteiger partial charge < -0.3 is 10.1 Å². The van der Waals surface area contributed by atoms with E-state index in [1.54, 1.807) is 11.3 Å². The van der Waals surface area contributed by atoms with E-state index in [0.717, 1.165) is 28.6 Å². The lowest BCUT2D eigenvalue weighted by Crippen LogP contribution is -2.28. The van der Waals surface area contributed by atoms with E-state index in [1.165, 1.54) is 23.2 Å². The molecule has 0 spiro atoms. The summed E-state index contributed by atoms with van der Waals surface area (Å²) >= 11 is 1.71. The Labute approximate surface area is 143 Å². The number of aromatic nitrogens is 2. The predicted molar refractivity (Wildman–Crippen MR) is 93.2 cm³/mol. The number of ether oxygens (including phenoxy) is 1. The highest BCUT2D eigenvalue weighted by atomic mass is 32.1. The van der Waals surface area contributed by atoms with Crippen LogP contribution in [0.15, 0.2) is 36.7 Å². The van der Waals surface area contributed by atoms with Gasteiger partial charge >= 0.3 is 0 Å². The van der Waals surface area contributed by atoms with Gasteiger partial charge in [0, 0.05) is 11.4 Å². The molecule has 24 heavy (non-hydrogen) atoms.